The van der Waals surface area contributed by atoms with E-state index in [0.29, 0.717) is 6.04 Å². The van der Waals surface area contributed by atoms with Gasteiger partial charge in [-0.3, -0.25) is 4.79 Å². The molecule has 3 nitrogen and oxygen atoms in total. The molecule has 1 aliphatic carbocycles. The minimum absolute atomic E-state index is 0.160. The molecule has 0 aromatic heterocycles. The molecule has 2 N–H and O–H groups in total. The Morgan fingerprint density at radius 1 is 1.50 bits per heavy atom. The summed E-state index contributed by atoms with van der Waals surface area (Å²) in [5.74, 6) is -0.807. The van der Waals surface area contributed by atoms with E-state index in [1.807, 2.05) is 0 Å². The molecule has 0 spiro atoms. The Hall–Kier alpha value is -0.570. The Labute approximate surface area is 73.2 Å². The fourth-order valence-corrected chi connectivity index (χ4v) is 1.88. The maximum atomic E-state index is 10.8. The molecule has 2 atom stereocenters. The maximum absolute atomic E-state index is 10.8. The van der Waals surface area contributed by atoms with Crippen molar-refractivity contribution in [3.63, 3.8) is 0 Å². The van der Waals surface area contributed by atoms with Crippen molar-refractivity contribution in [3.05, 3.63) is 0 Å². The van der Waals surface area contributed by atoms with E-state index in [1.54, 1.807) is 0 Å². The van der Waals surface area contributed by atoms with Crippen LogP contribution in [0.25, 0.3) is 0 Å². The van der Waals surface area contributed by atoms with Gasteiger partial charge in [-0.1, -0.05) is 20.3 Å². The first-order valence-electron chi connectivity index (χ1n) is 4.60. The zero-order valence-corrected chi connectivity index (χ0v) is 7.71. The molecular weight excluding hydrogens is 154 g/mol. The Morgan fingerprint density at radius 2 is 2.17 bits per heavy atom. The minimum Gasteiger partial charge on any atom is -0.481 e. The van der Waals surface area contributed by atoms with Crippen LogP contribution in [-0.4, -0.2) is 23.2 Å². The van der Waals surface area contributed by atoms with Gasteiger partial charge in [0.15, 0.2) is 0 Å². The average Bonchev–Trinajstić information content (AvgIpc) is 2.33. The second-order valence-electron chi connectivity index (χ2n) is 3.80. The molecule has 1 aliphatic rings. The van der Waals surface area contributed by atoms with E-state index in [9.17, 15) is 4.79 Å². The summed E-state index contributed by atoms with van der Waals surface area (Å²) in [4.78, 5) is 10.8. The molecule has 0 bridgehead atoms. The number of hydrogen-bond acceptors (Lipinski definition) is 2. The number of aliphatic carboxylic acids is 1. The van der Waals surface area contributed by atoms with Crippen molar-refractivity contribution in [1.29, 1.82) is 0 Å². The predicted molar refractivity (Wildman–Crippen MR) is 47.0 cm³/mol. The molecule has 2 unspecified atom stereocenters. The Morgan fingerprint density at radius 3 is 2.67 bits per heavy atom. The maximum Gasteiger partial charge on any atom is 0.308 e. The standard InChI is InChI=1S/C9H17NO2/c1-6(2)10-8-5-3-4-7(8)9(11)12/h6-8,10H,3-5H2,1-2H3,(H,11,12). The monoisotopic (exact) mass is 171 g/mol. The zero-order chi connectivity index (χ0) is 9.14. The third-order valence-corrected chi connectivity index (χ3v) is 2.38. The van der Waals surface area contributed by atoms with Crippen molar-refractivity contribution < 1.29 is 9.90 Å². The van der Waals surface area contributed by atoms with E-state index >= 15 is 0 Å². The summed E-state index contributed by atoms with van der Waals surface area (Å²) in [6.45, 7) is 4.11. The van der Waals surface area contributed by atoms with Crippen molar-refractivity contribution in [1.82, 2.24) is 5.32 Å². The summed E-state index contributed by atoms with van der Waals surface area (Å²) in [6.07, 6.45) is 2.89. The first-order valence-corrected chi connectivity index (χ1v) is 4.60. The first kappa shape index (κ1) is 9.52. The van der Waals surface area contributed by atoms with Crippen molar-refractivity contribution >= 4 is 5.97 Å². The molecule has 3 heteroatoms. The second-order valence-corrected chi connectivity index (χ2v) is 3.80. The number of rotatable bonds is 3. The lowest BCUT2D eigenvalue weighted by Gasteiger charge is -2.19. The van der Waals surface area contributed by atoms with Crippen LogP contribution in [0.4, 0.5) is 0 Å². The van der Waals surface area contributed by atoms with Crippen LogP contribution in [0, 0.1) is 5.92 Å². The number of hydrogen-bond donors (Lipinski definition) is 2. The molecule has 0 aromatic carbocycles. The number of nitrogens with one attached hydrogen (secondary N) is 1. The number of carboxylic acid groups (broad SMARTS) is 1. The summed E-state index contributed by atoms with van der Waals surface area (Å²) in [5.41, 5.74) is 0. The third kappa shape index (κ3) is 2.21. The summed E-state index contributed by atoms with van der Waals surface area (Å²) in [7, 11) is 0. The molecule has 0 radical (unpaired) electrons. The molecule has 1 rings (SSSR count). The van der Waals surface area contributed by atoms with Gasteiger partial charge >= 0.3 is 5.97 Å². The Balaban J connectivity index is 2.46. The van der Waals surface area contributed by atoms with Gasteiger partial charge in [0.2, 0.25) is 0 Å². The van der Waals surface area contributed by atoms with Crippen LogP contribution >= 0.6 is 0 Å². The highest BCUT2D eigenvalue weighted by molar-refractivity contribution is 5.71. The van der Waals surface area contributed by atoms with Gasteiger partial charge in [0.05, 0.1) is 5.92 Å². The molecule has 0 amide bonds. The van der Waals surface area contributed by atoms with E-state index in [4.69, 9.17) is 5.11 Å². The van der Waals surface area contributed by atoms with Crippen LogP contribution in [-0.2, 0) is 4.79 Å². The van der Waals surface area contributed by atoms with Crippen LogP contribution in [0.5, 0.6) is 0 Å². The fraction of sp³-hybridized carbons (Fsp3) is 0.889. The summed E-state index contributed by atoms with van der Waals surface area (Å²) >= 11 is 0. The van der Waals surface area contributed by atoms with Crippen molar-refractivity contribution in [2.75, 3.05) is 0 Å². The molecule has 0 aliphatic heterocycles. The summed E-state index contributed by atoms with van der Waals surface area (Å²) < 4.78 is 0. The van der Waals surface area contributed by atoms with Gasteiger partial charge in [-0.25, -0.2) is 0 Å². The molecular formula is C9H17NO2. The molecule has 70 valence electrons. The highest BCUT2D eigenvalue weighted by Gasteiger charge is 2.32. The van der Waals surface area contributed by atoms with Gasteiger partial charge in [-0.15, -0.1) is 0 Å². The summed E-state index contributed by atoms with van der Waals surface area (Å²) in [5, 5.41) is 12.1. The molecule has 0 saturated heterocycles. The van der Waals surface area contributed by atoms with Crippen LogP contribution in [0.1, 0.15) is 33.1 Å². The normalized spacial score (nSPS) is 29.6. The highest BCUT2D eigenvalue weighted by Crippen LogP contribution is 2.25. The zero-order valence-electron chi connectivity index (χ0n) is 7.71. The van der Waals surface area contributed by atoms with Crippen molar-refractivity contribution in [2.24, 2.45) is 5.92 Å². The molecule has 1 saturated carbocycles. The minimum atomic E-state index is -0.648. The van der Waals surface area contributed by atoms with Gasteiger partial charge in [0.1, 0.15) is 0 Å². The fourth-order valence-electron chi connectivity index (χ4n) is 1.88. The summed E-state index contributed by atoms with van der Waals surface area (Å²) in [6, 6.07) is 0.581. The predicted octanol–water partition coefficient (Wildman–Crippen LogP) is 1.24. The lowest BCUT2D eigenvalue weighted by atomic mass is 10.0. The van der Waals surface area contributed by atoms with Gasteiger partial charge in [0, 0.05) is 12.1 Å². The van der Waals surface area contributed by atoms with Crippen molar-refractivity contribution in [3.8, 4) is 0 Å². The van der Waals surface area contributed by atoms with Crippen LogP contribution < -0.4 is 5.32 Å². The lowest BCUT2D eigenvalue weighted by Crippen LogP contribution is -2.40. The molecule has 0 aromatic rings. The van der Waals surface area contributed by atoms with Gasteiger partial charge in [-0.2, -0.15) is 0 Å². The number of carbonyl (C=O) groups is 1. The van der Waals surface area contributed by atoms with E-state index < -0.39 is 5.97 Å². The van der Waals surface area contributed by atoms with Gasteiger partial charge in [0.25, 0.3) is 0 Å². The third-order valence-electron chi connectivity index (χ3n) is 2.38. The van der Waals surface area contributed by atoms with Crippen LogP contribution in [0.3, 0.4) is 0 Å². The van der Waals surface area contributed by atoms with E-state index in [-0.39, 0.29) is 12.0 Å². The molecule has 1 fully saturated rings. The highest BCUT2D eigenvalue weighted by atomic mass is 16.4. The molecule has 0 heterocycles. The lowest BCUT2D eigenvalue weighted by molar-refractivity contribution is -0.142. The number of carboxylic acids is 1. The SMILES string of the molecule is CC(C)NC1CCCC1C(=O)O. The largest absolute Gasteiger partial charge is 0.481 e. The molecule has 12 heavy (non-hydrogen) atoms. The average molecular weight is 171 g/mol. The Bertz CT molecular complexity index is 168. The quantitative estimate of drug-likeness (QED) is 0.671. The first-order chi connectivity index (χ1) is 5.61. The van der Waals surface area contributed by atoms with Crippen LogP contribution in [0.2, 0.25) is 0 Å². The van der Waals surface area contributed by atoms with E-state index in [2.05, 4.69) is 19.2 Å². The van der Waals surface area contributed by atoms with E-state index in [0.717, 1.165) is 19.3 Å². The smallest absolute Gasteiger partial charge is 0.308 e. The van der Waals surface area contributed by atoms with Crippen LogP contribution in [0.15, 0.2) is 0 Å². The Kier molecular flexibility index (Phi) is 3.09. The van der Waals surface area contributed by atoms with Gasteiger partial charge < -0.3 is 10.4 Å². The second kappa shape index (κ2) is 3.90. The van der Waals surface area contributed by atoms with Gasteiger partial charge in [-0.05, 0) is 12.8 Å². The van der Waals surface area contributed by atoms with E-state index in [1.165, 1.54) is 0 Å². The van der Waals surface area contributed by atoms with Crippen molar-refractivity contribution in [2.45, 2.75) is 45.2 Å². The topological polar surface area (TPSA) is 49.3 Å².